The molecule has 0 aromatic carbocycles. The summed E-state index contributed by atoms with van der Waals surface area (Å²) in [6, 6.07) is 0. The van der Waals surface area contributed by atoms with E-state index in [4.69, 9.17) is 5.73 Å². The fourth-order valence-electron chi connectivity index (χ4n) is 2.37. The molecule has 0 amide bonds. The minimum atomic E-state index is 0.405. The van der Waals surface area contributed by atoms with Crippen LogP contribution in [-0.2, 0) is 6.54 Å². The van der Waals surface area contributed by atoms with Gasteiger partial charge in [0.1, 0.15) is 17.7 Å². The van der Waals surface area contributed by atoms with Gasteiger partial charge >= 0.3 is 0 Å². The molecule has 0 bridgehead atoms. The first-order chi connectivity index (χ1) is 10.8. The van der Waals surface area contributed by atoms with Crippen molar-refractivity contribution in [2.75, 3.05) is 17.2 Å². The topological polar surface area (TPSA) is 112 Å². The molecule has 0 radical (unpaired) electrons. The Hall–Kier alpha value is -2.39. The zero-order chi connectivity index (χ0) is 14.9. The van der Waals surface area contributed by atoms with Gasteiger partial charge in [0, 0.05) is 23.4 Å². The van der Waals surface area contributed by atoms with E-state index in [1.54, 1.807) is 18.1 Å². The predicted octanol–water partition coefficient (Wildman–Crippen LogP) is 1.09. The van der Waals surface area contributed by atoms with Crippen LogP contribution in [-0.4, -0.2) is 42.2 Å². The molecule has 3 aromatic heterocycles. The second-order valence-electron chi connectivity index (χ2n) is 4.78. The monoisotopic (exact) mass is 314 g/mol. The fraction of sp³-hybridized carbons (Fsp3) is 0.231. The molecular weight excluding hydrogens is 300 g/mol. The maximum Gasteiger partial charge on any atom is 0.182 e. The normalized spacial score (nSPS) is 15.3. The first-order valence-corrected chi connectivity index (χ1v) is 7.83. The number of rotatable bonds is 3. The average Bonchev–Trinajstić information content (AvgIpc) is 3.23. The van der Waals surface area contributed by atoms with Crippen LogP contribution in [0.1, 0.15) is 11.5 Å². The van der Waals surface area contributed by atoms with Crippen molar-refractivity contribution in [2.45, 2.75) is 6.54 Å². The van der Waals surface area contributed by atoms with Crippen LogP contribution in [0.5, 0.6) is 0 Å². The van der Waals surface area contributed by atoms with Crippen molar-refractivity contribution in [2.24, 2.45) is 5.73 Å². The van der Waals surface area contributed by atoms with E-state index in [1.165, 1.54) is 6.33 Å². The summed E-state index contributed by atoms with van der Waals surface area (Å²) in [4.78, 5) is 26.5. The Morgan fingerprint density at radius 1 is 1.27 bits per heavy atom. The summed E-state index contributed by atoms with van der Waals surface area (Å²) >= 11 is 1.78. The molecule has 0 aliphatic carbocycles. The smallest absolute Gasteiger partial charge is 0.182 e. The molecule has 0 saturated carbocycles. The van der Waals surface area contributed by atoms with Crippen molar-refractivity contribution < 1.29 is 0 Å². The Labute approximate surface area is 130 Å². The number of aromatic amines is 2. The van der Waals surface area contributed by atoms with Gasteiger partial charge < -0.3 is 20.6 Å². The van der Waals surface area contributed by atoms with Gasteiger partial charge in [-0.2, -0.15) is 0 Å². The number of thioether (sulfide) groups is 1. The molecule has 112 valence electrons. The lowest BCUT2D eigenvalue weighted by Crippen LogP contribution is -2.24. The molecule has 4 N–H and O–H groups in total. The molecule has 1 aliphatic heterocycles. The first kappa shape index (κ1) is 13.3. The van der Waals surface area contributed by atoms with Crippen LogP contribution in [0.2, 0.25) is 0 Å². The lowest BCUT2D eigenvalue weighted by Gasteiger charge is -2.25. The van der Waals surface area contributed by atoms with Crippen LogP contribution in [0.3, 0.4) is 0 Å². The zero-order valence-electron chi connectivity index (χ0n) is 11.7. The number of aromatic nitrogens is 6. The highest BCUT2D eigenvalue weighted by Gasteiger charge is 2.19. The lowest BCUT2D eigenvalue weighted by atomic mass is 10.4. The number of hydrogen-bond acceptors (Lipinski definition) is 7. The highest BCUT2D eigenvalue weighted by molar-refractivity contribution is 8.08. The van der Waals surface area contributed by atoms with Gasteiger partial charge in [0.15, 0.2) is 11.5 Å². The van der Waals surface area contributed by atoms with E-state index >= 15 is 0 Å². The minimum absolute atomic E-state index is 0.405. The number of anilines is 1. The largest absolute Gasteiger partial charge is 0.340 e. The third-order valence-electron chi connectivity index (χ3n) is 3.43. The molecule has 22 heavy (non-hydrogen) atoms. The second kappa shape index (κ2) is 5.43. The molecule has 9 heteroatoms. The number of nitrogens with zero attached hydrogens (tertiary/aromatic N) is 5. The van der Waals surface area contributed by atoms with Crippen LogP contribution in [0.25, 0.3) is 16.1 Å². The van der Waals surface area contributed by atoms with Crippen LogP contribution in [0, 0.1) is 0 Å². The van der Waals surface area contributed by atoms with Gasteiger partial charge in [-0.15, -0.1) is 11.8 Å². The summed E-state index contributed by atoms with van der Waals surface area (Å²) in [5.41, 5.74) is 8.10. The maximum absolute atomic E-state index is 5.60. The molecule has 0 saturated heterocycles. The maximum atomic E-state index is 5.60. The van der Waals surface area contributed by atoms with Crippen LogP contribution in [0.4, 0.5) is 5.82 Å². The van der Waals surface area contributed by atoms with E-state index in [9.17, 15) is 0 Å². The van der Waals surface area contributed by atoms with Gasteiger partial charge in [0.05, 0.1) is 24.8 Å². The minimum Gasteiger partial charge on any atom is -0.340 e. The third-order valence-corrected chi connectivity index (χ3v) is 4.45. The number of nitrogens with two attached hydrogens (primary N) is 1. The molecule has 8 nitrogen and oxygen atoms in total. The summed E-state index contributed by atoms with van der Waals surface area (Å²) in [6.07, 6.45) is 7.06. The Balaban J connectivity index is 1.73. The Morgan fingerprint density at radius 3 is 3.09 bits per heavy atom. The van der Waals surface area contributed by atoms with Crippen molar-refractivity contribution >= 4 is 33.6 Å². The van der Waals surface area contributed by atoms with Gasteiger partial charge in [-0.25, -0.2) is 19.9 Å². The van der Waals surface area contributed by atoms with E-state index < -0.39 is 0 Å². The third kappa shape index (κ3) is 2.24. The Bertz CT molecular complexity index is 835. The van der Waals surface area contributed by atoms with E-state index in [-0.39, 0.29) is 0 Å². The van der Waals surface area contributed by atoms with E-state index in [2.05, 4.69) is 41.0 Å². The molecule has 3 aromatic rings. The zero-order valence-corrected chi connectivity index (χ0v) is 12.5. The highest BCUT2D eigenvalue weighted by atomic mass is 32.2. The van der Waals surface area contributed by atoms with Crippen LogP contribution in [0.15, 0.2) is 25.1 Å². The van der Waals surface area contributed by atoms with E-state index in [1.807, 2.05) is 6.20 Å². The standard InChI is InChI=1S/C13H14N8S/c14-3-10-15-4-8(20-10)9-5-21(1-2-22-9)13-11-12(17-6-16-11)18-7-19-13/h4-7H,1-3,14H2,(H,15,20)(H,16,17,18,19). The Morgan fingerprint density at radius 2 is 2.23 bits per heavy atom. The van der Waals surface area contributed by atoms with Gasteiger partial charge in [-0.3, -0.25) is 0 Å². The molecule has 0 spiro atoms. The van der Waals surface area contributed by atoms with Crippen molar-refractivity contribution in [1.29, 1.82) is 0 Å². The Kier molecular flexibility index (Phi) is 3.28. The van der Waals surface area contributed by atoms with E-state index in [0.29, 0.717) is 12.2 Å². The molecule has 0 atom stereocenters. The fourth-order valence-corrected chi connectivity index (χ4v) is 3.34. The molecule has 1 aliphatic rings. The predicted molar refractivity (Wildman–Crippen MR) is 85.9 cm³/mol. The van der Waals surface area contributed by atoms with Crippen molar-refractivity contribution in [1.82, 2.24) is 29.9 Å². The molecule has 4 rings (SSSR count). The SMILES string of the molecule is NCc1ncc(C2=CN(c3ncnc4nc[nH]c34)CCS2)[nH]1. The number of hydrogen-bond donors (Lipinski definition) is 3. The van der Waals surface area contributed by atoms with Crippen LogP contribution < -0.4 is 10.6 Å². The average molecular weight is 314 g/mol. The number of H-pyrrole nitrogens is 2. The van der Waals surface area contributed by atoms with Crippen molar-refractivity contribution in [3.63, 3.8) is 0 Å². The quantitative estimate of drug-likeness (QED) is 0.663. The number of fused-ring (bicyclic) bond motifs is 1. The van der Waals surface area contributed by atoms with Gasteiger partial charge in [0.2, 0.25) is 0 Å². The van der Waals surface area contributed by atoms with Crippen molar-refractivity contribution in [3.05, 3.63) is 36.6 Å². The summed E-state index contributed by atoms with van der Waals surface area (Å²) in [6.45, 7) is 1.28. The van der Waals surface area contributed by atoms with E-state index in [0.717, 1.165) is 40.1 Å². The first-order valence-electron chi connectivity index (χ1n) is 6.85. The lowest BCUT2D eigenvalue weighted by molar-refractivity contribution is 0.947. The second-order valence-corrected chi connectivity index (χ2v) is 5.92. The van der Waals surface area contributed by atoms with Crippen molar-refractivity contribution in [3.8, 4) is 0 Å². The molecule has 0 unspecified atom stereocenters. The van der Waals surface area contributed by atoms with Crippen LogP contribution >= 0.6 is 11.8 Å². The van der Waals surface area contributed by atoms with Gasteiger partial charge in [0.25, 0.3) is 0 Å². The summed E-state index contributed by atoms with van der Waals surface area (Å²) in [7, 11) is 0. The summed E-state index contributed by atoms with van der Waals surface area (Å²) in [5, 5.41) is 0. The van der Waals surface area contributed by atoms with Gasteiger partial charge in [-0.05, 0) is 0 Å². The molecular formula is C13H14N8S. The number of imidazole rings is 2. The molecule has 4 heterocycles. The number of nitrogens with one attached hydrogen (secondary N) is 2. The summed E-state index contributed by atoms with van der Waals surface area (Å²) in [5.74, 6) is 2.58. The summed E-state index contributed by atoms with van der Waals surface area (Å²) < 4.78 is 0. The highest BCUT2D eigenvalue weighted by Crippen LogP contribution is 2.33. The molecule has 0 fully saturated rings. The van der Waals surface area contributed by atoms with Gasteiger partial charge in [-0.1, -0.05) is 0 Å².